The predicted molar refractivity (Wildman–Crippen MR) is 74.5 cm³/mol. The van der Waals surface area contributed by atoms with Crippen molar-refractivity contribution in [2.24, 2.45) is 0 Å². The summed E-state index contributed by atoms with van der Waals surface area (Å²) < 4.78 is 5.43. The topological polar surface area (TPSA) is 6.48 Å². The molecule has 0 radical (unpaired) electrons. The molecule has 3 heteroatoms. The van der Waals surface area contributed by atoms with E-state index in [2.05, 4.69) is 78.3 Å². The molecule has 15 heavy (non-hydrogen) atoms. The van der Waals surface area contributed by atoms with Crippen LogP contribution in [0.3, 0.4) is 0 Å². The fourth-order valence-electron chi connectivity index (χ4n) is 3.44. The zero-order valence-corrected chi connectivity index (χ0v) is 13.1. The van der Waals surface area contributed by atoms with Gasteiger partial charge in [-0.05, 0) is 28.2 Å². The van der Waals surface area contributed by atoms with Crippen molar-refractivity contribution in [1.82, 2.24) is 8.61 Å². The largest absolute Gasteiger partial charge is 0.261 e. The van der Waals surface area contributed by atoms with E-state index in [9.17, 15) is 0 Å². The molecule has 0 fully saturated rings. The van der Waals surface area contributed by atoms with Gasteiger partial charge in [-0.25, -0.2) is 0 Å². The summed E-state index contributed by atoms with van der Waals surface area (Å²) in [5, 5.41) is 0. The maximum Gasteiger partial charge on any atom is 0.0163 e. The van der Waals surface area contributed by atoms with E-state index in [4.69, 9.17) is 0 Å². The van der Waals surface area contributed by atoms with Crippen LogP contribution < -0.4 is 0 Å². The highest BCUT2D eigenvalue weighted by Crippen LogP contribution is 2.69. The van der Waals surface area contributed by atoms with Gasteiger partial charge < -0.3 is 0 Å². The first-order valence-electron chi connectivity index (χ1n) is 5.56. The second-order valence-electron chi connectivity index (χ2n) is 6.40. The Balaban J connectivity index is 5.73. The Bertz CT molecular complexity index is 185. The molecule has 2 nitrogen and oxygen atoms in total. The maximum atomic E-state index is 2.44. The first kappa shape index (κ1) is 15.3. The Morgan fingerprint density at radius 1 is 0.600 bits per heavy atom. The smallest absolute Gasteiger partial charge is 0.0163 e. The van der Waals surface area contributed by atoms with Gasteiger partial charge in [0.05, 0.1) is 0 Å². The SMILES string of the molecule is CN(C)S(N(C)C)(C(C)(C)C)C(C)(C)C. The van der Waals surface area contributed by atoms with Crippen molar-refractivity contribution in [3.63, 3.8) is 0 Å². The average Bonchev–Trinajstić information content (AvgIpc) is 1.75. The molecule has 0 atom stereocenters. The van der Waals surface area contributed by atoms with Crippen molar-refractivity contribution in [2.45, 2.75) is 51.0 Å². The summed E-state index contributed by atoms with van der Waals surface area (Å²) in [4.78, 5) is 0. The summed E-state index contributed by atoms with van der Waals surface area (Å²) in [5.41, 5.74) is 0. The van der Waals surface area contributed by atoms with Gasteiger partial charge >= 0.3 is 0 Å². The van der Waals surface area contributed by atoms with E-state index in [1.54, 1.807) is 0 Å². The van der Waals surface area contributed by atoms with Gasteiger partial charge in [0.1, 0.15) is 0 Å². The second-order valence-corrected chi connectivity index (χ2v) is 11.4. The molecular formula is C12H30N2S. The molecule has 0 saturated carbocycles. The Morgan fingerprint density at radius 3 is 0.800 bits per heavy atom. The van der Waals surface area contributed by atoms with E-state index in [0.29, 0.717) is 0 Å². The van der Waals surface area contributed by atoms with Crippen LogP contribution in [0.25, 0.3) is 0 Å². The van der Waals surface area contributed by atoms with E-state index in [0.717, 1.165) is 0 Å². The van der Waals surface area contributed by atoms with Gasteiger partial charge in [-0.3, -0.25) is 8.61 Å². The summed E-state index contributed by atoms with van der Waals surface area (Å²) in [6.45, 7) is 14.1. The second kappa shape index (κ2) is 4.27. The van der Waals surface area contributed by atoms with Crippen molar-refractivity contribution in [3.8, 4) is 0 Å². The third kappa shape index (κ3) is 2.34. The Morgan fingerprint density at radius 2 is 0.800 bits per heavy atom. The molecule has 0 aliphatic carbocycles. The van der Waals surface area contributed by atoms with E-state index >= 15 is 0 Å². The van der Waals surface area contributed by atoms with Crippen molar-refractivity contribution in [3.05, 3.63) is 0 Å². The molecule has 0 aromatic heterocycles. The Labute approximate surface area is 98.6 Å². The van der Waals surface area contributed by atoms with Gasteiger partial charge in [0, 0.05) is 9.49 Å². The number of hydrogen-bond acceptors (Lipinski definition) is 2. The summed E-state index contributed by atoms with van der Waals surface area (Å²) >= 11 is 0. The third-order valence-electron chi connectivity index (χ3n) is 2.76. The van der Waals surface area contributed by atoms with Crippen LogP contribution in [-0.4, -0.2) is 46.3 Å². The van der Waals surface area contributed by atoms with Crippen molar-refractivity contribution in [1.29, 1.82) is 0 Å². The zero-order valence-electron chi connectivity index (χ0n) is 12.3. The molecule has 0 aliphatic heterocycles. The minimum Gasteiger partial charge on any atom is -0.261 e. The van der Waals surface area contributed by atoms with Crippen LogP contribution in [0, 0.1) is 0 Å². The molecule has 0 aromatic rings. The summed E-state index contributed by atoms with van der Waals surface area (Å²) in [7, 11) is 7.86. The molecule has 0 rings (SSSR count). The van der Waals surface area contributed by atoms with Crippen LogP contribution in [0.1, 0.15) is 41.5 Å². The summed E-state index contributed by atoms with van der Waals surface area (Å²) in [5.74, 6) is 0. The van der Waals surface area contributed by atoms with Crippen LogP contribution >= 0.6 is 10.4 Å². The first-order valence-corrected chi connectivity index (χ1v) is 7.11. The molecule has 0 amide bonds. The van der Waals surface area contributed by atoms with Crippen LogP contribution in [0.15, 0.2) is 0 Å². The third-order valence-corrected chi connectivity index (χ3v) is 8.29. The molecule has 0 saturated heterocycles. The molecule has 0 aliphatic rings. The standard InChI is InChI=1S/C12H30N2S/c1-11(2,3)15(13(7)8,14(9)10)12(4,5)6/h1-10H3. The molecule has 0 unspecified atom stereocenters. The highest BCUT2D eigenvalue weighted by molar-refractivity contribution is 8.31. The van der Waals surface area contributed by atoms with Gasteiger partial charge in [-0.2, -0.15) is 0 Å². The van der Waals surface area contributed by atoms with Crippen LogP contribution in [0.5, 0.6) is 0 Å². The first-order chi connectivity index (χ1) is 6.39. The van der Waals surface area contributed by atoms with E-state index in [1.165, 1.54) is 0 Å². The molecule has 0 N–H and O–H groups in total. The van der Waals surface area contributed by atoms with E-state index in [1.807, 2.05) is 0 Å². The molecule has 0 bridgehead atoms. The Hall–Kier alpha value is 0.270. The normalized spacial score (nSPS) is 16.3. The van der Waals surface area contributed by atoms with Gasteiger partial charge in [0.15, 0.2) is 0 Å². The number of rotatable bonds is 2. The molecule has 0 aromatic carbocycles. The van der Waals surface area contributed by atoms with Gasteiger partial charge in [-0.1, -0.05) is 41.5 Å². The quantitative estimate of drug-likeness (QED) is 0.723. The monoisotopic (exact) mass is 234 g/mol. The molecule has 0 spiro atoms. The minimum atomic E-state index is -0.995. The van der Waals surface area contributed by atoms with Crippen LogP contribution in [0.2, 0.25) is 0 Å². The predicted octanol–water partition coefficient (Wildman–Crippen LogP) is 3.34. The fourth-order valence-corrected chi connectivity index (χ4v) is 10.3. The van der Waals surface area contributed by atoms with E-state index in [-0.39, 0.29) is 9.49 Å². The highest BCUT2D eigenvalue weighted by Gasteiger charge is 2.49. The minimum absolute atomic E-state index is 0.276. The van der Waals surface area contributed by atoms with Crippen molar-refractivity contribution in [2.75, 3.05) is 28.2 Å². The average molecular weight is 234 g/mol. The van der Waals surface area contributed by atoms with Crippen molar-refractivity contribution >= 4 is 10.4 Å². The highest BCUT2D eigenvalue weighted by atomic mass is 32.3. The van der Waals surface area contributed by atoms with Gasteiger partial charge in [0.25, 0.3) is 0 Å². The van der Waals surface area contributed by atoms with Crippen molar-refractivity contribution < 1.29 is 0 Å². The zero-order chi connectivity index (χ0) is 12.7. The number of hydrogen-bond donors (Lipinski definition) is 0. The van der Waals surface area contributed by atoms with E-state index < -0.39 is 10.4 Å². The lowest BCUT2D eigenvalue weighted by atomic mass is 10.2. The lowest BCUT2D eigenvalue weighted by Crippen LogP contribution is -2.52. The lowest BCUT2D eigenvalue weighted by Gasteiger charge is -2.65. The summed E-state index contributed by atoms with van der Waals surface area (Å²) in [6.07, 6.45) is 0. The fraction of sp³-hybridized carbons (Fsp3) is 1.00. The maximum absolute atomic E-state index is 2.44. The van der Waals surface area contributed by atoms with Crippen LogP contribution in [-0.2, 0) is 0 Å². The number of nitrogens with zero attached hydrogens (tertiary/aromatic N) is 2. The van der Waals surface area contributed by atoms with Gasteiger partial charge in [-0.15, -0.1) is 10.4 Å². The Kier molecular flexibility index (Phi) is 4.34. The molecular weight excluding hydrogens is 204 g/mol. The van der Waals surface area contributed by atoms with Crippen LogP contribution in [0.4, 0.5) is 0 Å². The molecule has 94 valence electrons. The van der Waals surface area contributed by atoms with Gasteiger partial charge in [0.2, 0.25) is 0 Å². The molecule has 0 heterocycles. The summed E-state index contributed by atoms with van der Waals surface area (Å²) in [6, 6.07) is 0. The lowest BCUT2D eigenvalue weighted by molar-refractivity contribution is 0.498.